The van der Waals surface area contributed by atoms with Gasteiger partial charge in [0.2, 0.25) is 0 Å². The van der Waals surface area contributed by atoms with Crippen LogP contribution in [0.25, 0.3) is 0 Å². The number of nitrogens with one attached hydrogen (secondary N) is 2. The first-order valence-electron chi connectivity index (χ1n) is 7.54. The van der Waals surface area contributed by atoms with Crippen LogP contribution in [0.4, 0.5) is 31.8 Å². The minimum absolute atomic E-state index is 0.408. The number of benzene rings is 2. The van der Waals surface area contributed by atoms with Crippen molar-refractivity contribution >= 4 is 23.0 Å². The summed E-state index contributed by atoms with van der Waals surface area (Å²) in [6.45, 7) is 2.10. The normalized spacial score (nSPS) is 10.5. The zero-order valence-corrected chi connectivity index (χ0v) is 13.1. The van der Waals surface area contributed by atoms with Crippen LogP contribution in [0.3, 0.4) is 0 Å². The highest BCUT2D eigenvalue weighted by atomic mass is 19.2. The Kier molecular flexibility index (Phi) is 4.65. The first-order valence-corrected chi connectivity index (χ1v) is 7.54. The molecule has 4 nitrogen and oxygen atoms in total. The molecule has 0 unspecified atom stereocenters. The number of nitrogens with zero attached hydrogens (tertiary/aromatic N) is 2. The van der Waals surface area contributed by atoms with E-state index in [-0.39, 0.29) is 0 Å². The molecule has 0 fully saturated rings. The summed E-state index contributed by atoms with van der Waals surface area (Å²) in [4.78, 5) is 8.23. The standard InChI is InChI=1S/C18H16F2N4/c1-2-12-3-5-13(6-4-12)23-17-10-18(22-11-21-17)24-14-7-8-15(19)16(20)9-14/h3-11H,2H2,1H3,(H2,21,22,23,24). The second-order valence-electron chi connectivity index (χ2n) is 5.22. The summed E-state index contributed by atoms with van der Waals surface area (Å²) in [5.41, 5.74) is 2.57. The van der Waals surface area contributed by atoms with Gasteiger partial charge in [0.05, 0.1) is 0 Å². The average Bonchev–Trinajstić information content (AvgIpc) is 2.59. The maximum Gasteiger partial charge on any atom is 0.160 e. The fourth-order valence-electron chi connectivity index (χ4n) is 2.19. The van der Waals surface area contributed by atoms with Crippen molar-refractivity contribution in [3.8, 4) is 0 Å². The third-order valence-corrected chi connectivity index (χ3v) is 3.49. The Morgan fingerprint density at radius 3 is 2.04 bits per heavy atom. The van der Waals surface area contributed by atoms with E-state index in [0.717, 1.165) is 24.2 Å². The summed E-state index contributed by atoms with van der Waals surface area (Å²) in [6, 6.07) is 13.3. The molecule has 0 aliphatic carbocycles. The highest BCUT2D eigenvalue weighted by molar-refractivity contribution is 5.62. The molecule has 0 aliphatic heterocycles. The van der Waals surface area contributed by atoms with E-state index < -0.39 is 11.6 Å². The lowest BCUT2D eigenvalue weighted by Crippen LogP contribution is -1.99. The van der Waals surface area contributed by atoms with Crippen molar-refractivity contribution in [2.45, 2.75) is 13.3 Å². The van der Waals surface area contributed by atoms with E-state index in [2.05, 4.69) is 27.5 Å². The average molecular weight is 326 g/mol. The third-order valence-electron chi connectivity index (χ3n) is 3.49. The molecular formula is C18H16F2N4. The topological polar surface area (TPSA) is 49.8 Å². The molecule has 2 N–H and O–H groups in total. The number of aromatic nitrogens is 2. The van der Waals surface area contributed by atoms with Gasteiger partial charge in [-0.25, -0.2) is 18.7 Å². The Hall–Kier alpha value is -3.02. The van der Waals surface area contributed by atoms with E-state index >= 15 is 0 Å². The van der Waals surface area contributed by atoms with Crippen molar-refractivity contribution in [3.63, 3.8) is 0 Å². The van der Waals surface area contributed by atoms with Crippen LogP contribution >= 0.6 is 0 Å². The van der Waals surface area contributed by atoms with E-state index in [1.54, 1.807) is 6.07 Å². The zero-order chi connectivity index (χ0) is 16.9. The van der Waals surface area contributed by atoms with Crippen molar-refractivity contribution in [2.24, 2.45) is 0 Å². The first kappa shape index (κ1) is 15.9. The van der Waals surface area contributed by atoms with Gasteiger partial charge in [-0.15, -0.1) is 0 Å². The molecule has 3 rings (SSSR count). The smallest absolute Gasteiger partial charge is 0.160 e. The Labute approximate surface area is 138 Å². The number of hydrogen-bond donors (Lipinski definition) is 2. The van der Waals surface area contributed by atoms with Crippen LogP contribution in [0.15, 0.2) is 54.9 Å². The monoisotopic (exact) mass is 326 g/mol. The van der Waals surface area contributed by atoms with Crippen LogP contribution in [0, 0.1) is 11.6 Å². The number of aryl methyl sites for hydroxylation is 1. The van der Waals surface area contributed by atoms with Crippen LogP contribution in [0.5, 0.6) is 0 Å². The number of rotatable bonds is 5. The van der Waals surface area contributed by atoms with Gasteiger partial charge < -0.3 is 10.6 Å². The highest BCUT2D eigenvalue weighted by Gasteiger charge is 2.04. The van der Waals surface area contributed by atoms with Crippen molar-refractivity contribution in [2.75, 3.05) is 10.6 Å². The fourth-order valence-corrected chi connectivity index (χ4v) is 2.19. The van der Waals surface area contributed by atoms with E-state index in [1.165, 1.54) is 18.0 Å². The van der Waals surface area contributed by atoms with Crippen LogP contribution < -0.4 is 10.6 Å². The predicted molar refractivity (Wildman–Crippen MR) is 90.8 cm³/mol. The summed E-state index contributed by atoms with van der Waals surface area (Å²) in [5.74, 6) is -0.729. The minimum atomic E-state index is -0.914. The Morgan fingerprint density at radius 1 is 0.792 bits per heavy atom. The molecule has 2 aromatic carbocycles. The highest BCUT2D eigenvalue weighted by Crippen LogP contribution is 2.21. The van der Waals surface area contributed by atoms with E-state index in [9.17, 15) is 8.78 Å². The molecule has 0 radical (unpaired) electrons. The molecule has 1 aromatic heterocycles. The second-order valence-corrected chi connectivity index (χ2v) is 5.22. The van der Waals surface area contributed by atoms with E-state index in [1.807, 2.05) is 24.3 Å². The molecular weight excluding hydrogens is 310 g/mol. The number of halogens is 2. The molecule has 24 heavy (non-hydrogen) atoms. The van der Waals surface area contributed by atoms with Gasteiger partial charge in [-0.05, 0) is 36.2 Å². The third kappa shape index (κ3) is 3.84. The largest absolute Gasteiger partial charge is 0.340 e. The zero-order valence-electron chi connectivity index (χ0n) is 13.1. The summed E-state index contributed by atoms with van der Waals surface area (Å²) in [5, 5.41) is 6.10. The maximum absolute atomic E-state index is 13.3. The molecule has 0 aliphatic rings. The van der Waals surface area contributed by atoms with Crippen LogP contribution in [-0.2, 0) is 6.42 Å². The molecule has 0 amide bonds. The molecule has 122 valence electrons. The molecule has 0 saturated carbocycles. The van der Waals surface area contributed by atoms with Crippen molar-refractivity contribution < 1.29 is 8.78 Å². The molecule has 0 atom stereocenters. The van der Waals surface area contributed by atoms with Gasteiger partial charge in [-0.2, -0.15) is 0 Å². The van der Waals surface area contributed by atoms with Gasteiger partial charge in [0, 0.05) is 23.5 Å². The number of hydrogen-bond acceptors (Lipinski definition) is 4. The van der Waals surface area contributed by atoms with Gasteiger partial charge in [0.25, 0.3) is 0 Å². The van der Waals surface area contributed by atoms with Crippen LogP contribution in [0.1, 0.15) is 12.5 Å². The van der Waals surface area contributed by atoms with Crippen molar-refractivity contribution in [1.82, 2.24) is 9.97 Å². The molecule has 1 heterocycles. The second kappa shape index (κ2) is 7.04. The Morgan fingerprint density at radius 2 is 1.42 bits per heavy atom. The lowest BCUT2D eigenvalue weighted by atomic mass is 10.1. The van der Waals surface area contributed by atoms with Gasteiger partial charge in [-0.3, -0.25) is 0 Å². The molecule has 0 saturated heterocycles. The van der Waals surface area contributed by atoms with Crippen molar-refractivity contribution in [3.05, 3.63) is 72.1 Å². The van der Waals surface area contributed by atoms with Gasteiger partial charge in [-0.1, -0.05) is 19.1 Å². The molecule has 0 spiro atoms. The quantitative estimate of drug-likeness (QED) is 0.707. The molecule has 6 heteroatoms. The Bertz CT molecular complexity index is 835. The lowest BCUT2D eigenvalue weighted by molar-refractivity contribution is 0.509. The predicted octanol–water partition coefficient (Wildman–Crippen LogP) is 4.80. The summed E-state index contributed by atoms with van der Waals surface area (Å²) < 4.78 is 26.2. The summed E-state index contributed by atoms with van der Waals surface area (Å²) >= 11 is 0. The van der Waals surface area contributed by atoms with Gasteiger partial charge >= 0.3 is 0 Å². The fraction of sp³-hybridized carbons (Fsp3) is 0.111. The van der Waals surface area contributed by atoms with E-state index in [0.29, 0.717) is 17.3 Å². The SMILES string of the molecule is CCc1ccc(Nc2cc(Nc3ccc(F)c(F)c3)ncn2)cc1. The number of anilines is 4. The summed E-state index contributed by atoms with van der Waals surface area (Å²) in [7, 11) is 0. The van der Waals surface area contributed by atoms with E-state index in [4.69, 9.17) is 0 Å². The first-order chi connectivity index (χ1) is 11.6. The van der Waals surface area contributed by atoms with Crippen LogP contribution in [-0.4, -0.2) is 9.97 Å². The van der Waals surface area contributed by atoms with Gasteiger partial charge in [0.1, 0.15) is 18.0 Å². The molecule has 3 aromatic rings. The summed E-state index contributed by atoms with van der Waals surface area (Å²) in [6.07, 6.45) is 2.38. The minimum Gasteiger partial charge on any atom is -0.340 e. The van der Waals surface area contributed by atoms with Gasteiger partial charge in [0.15, 0.2) is 11.6 Å². The maximum atomic E-state index is 13.3. The van der Waals surface area contributed by atoms with Crippen molar-refractivity contribution in [1.29, 1.82) is 0 Å². The van der Waals surface area contributed by atoms with Crippen LogP contribution in [0.2, 0.25) is 0 Å². The lowest BCUT2D eigenvalue weighted by Gasteiger charge is -2.09. The Balaban J connectivity index is 1.74. The molecule has 0 bridgehead atoms.